The van der Waals surface area contributed by atoms with E-state index in [1.807, 2.05) is 18.5 Å². The summed E-state index contributed by atoms with van der Waals surface area (Å²) in [6.45, 7) is 9.46. The highest BCUT2D eigenvalue weighted by Crippen LogP contribution is 2.24. The number of aliphatic imine (C=N–C) groups is 1. The Kier molecular flexibility index (Phi) is 7.76. The SMILES string of the molecule is Cc1nnc(CN=C(NCC2CC(C)N(Cc3ccccc3)C2)NCC2CCCO2)n1C. The number of ether oxygens (including phenoxy) is 1. The van der Waals surface area contributed by atoms with Gasteiger partial charge >= 0.3 is 0 Å². The van der Waals surface area contributed by atoms with E-state index in [2.05, 4.69) is 63.0 Å². The molecule has 0 aliphatic carbocycles. The molecule has 8 nitrogen and oxygen atoms in total. The number of nitrogens with one attached hydrogen (secondary N) is 2. The third-order valence-corrected chi connectivity index (χ3v) is 6.66. The second-order valence-corrected chi connectivity index (χ2v) is 9.15. The Morgan fingerprint density at radius 1 is 1.19 bits per heavy atom. The van der Waals surface area contributed by atoms with Crippen LogP contribution in [0, 0.1) is 12.8 Å². The average Bonchev–Trinajstić information content (AvgIpc) is 3.52. The molecule has 3 heterocycles. The van der Waals surface area contributed by atoms with E-state index in [0.717, 1.165) is 63.2 Å². The van der Waals surface area contributed by atoms with Crippen molar-refractivity contribution in [2.75, 3.05) is 26.2 Å². The molecular formula is C24H37N7O. The number of aryl methyl sites for hydroxylation is 1. The molecular weight excluding hydrogens is 402 g/mol. The van der Waals surface area contributed by atoms with Crippen LogP contribution in [0.15, 0.2) is 35.3 Å². The highest BCUT2D eigenvalue weighted by atomic mass is 16.5. The fraction of sp³-hybridized carbons (Fsp3) is 0.625. The van der Waals surface area contributed by atoms with Crippen LogP contribution in [0.25, 0.3) is 0 Å². The molecule has 4 rings (SSSR count). The van der Waals surface area contributed by atoms with Gasteiger partial charge in [0, 0.05) is 45.9 Å². The maximum atomic E-state index is 5.77. The maximum Gasteiger partial charge on any atom is 0.191 e. The van der Waals surface area contributed by atoms with Gasteiger partial charge in [-0.2, -0.15) is 0 Å². The molecule has 32 heavy (non-hydrogen) atoms. The zero-order valence-electron chi connectivity index (χ0n) is 19.6. The minimum Gasteiger partial charge on any atom is -0.376 e. The summed E-state index contributed by atoms with van der Waals surface area (Å²) >= 11 is 0. The van der Waals surface area contributed by atoms with Gasteiger partial charge in [-0.25, -0.2) is 4.99 Å². The van der Waals surface area contributed by atoms with Gasteiger partial charge in [0.25, 0.3) is 0 Å². The van der Waals surface area contributed by atoms with E-state index in [4.69, 9.17) is 9.73 Å². The van der Waals surface area contributed by atoms with Gasteiger partial charge in [0.1, 0.15) is 12.4 Å². The zero-order chi connectivity index (χ0) is 22.3. The van der Waals surface area contributed by atoms with Gasteiger partial charge in [-0.3, -0.25) is 4.90 Å². The van der Waals surface area contributed by atoms with Gasteiger partial charge in [0.05, 0.1) is 6.10 Å². The maximum absolute atomic E-state index is 5.77. The van der Waals surface area contributed by atoms with E-state index in [0.29, 0.717) is 18.5 Å². The number of hydrogen-bond acceptors (Lipinski definition) is 5. The third-order valence-electron chi connectivity index (χ3n) is 6.66. The summed E-state index contributed by atoms with van der Waals surface area (Å²) in [5, 5.41) is 15.5. The molecule has 2 fully saturated rings. The van der Waals surface area contributed by atoms with Crippen LogP contribution in [0.3, 0.4) is 0 Å². The molecule has 0 spiro atoms. The number of likely N-dealkylation sites (tertiary alicyclic amines) is 1. The quantitative estimate of drug-likeness (QED) is 0.485. The summed E-state index contributed by atoms with van der Waals surface area (Å²) in [6, 6.07) is 11.3. The summed E-state index contributed by atoms with van der Waals surface area (Å²) in [7, 11) is 1.98. The fourth-order valence-corrected chi connectivity index (χ4v) is 4.57. The van der Waals surface area contributed by atoms with Crippen LogP contribution < -0.4 is 10.6 Å². The first-order chi connectivity index (χ1) is 15.6. The van der Waals surface area contributed by atoms with Gasteiger partial charge in [-0.1, -0.05) is 30.3 Å². The largest absolute Gasteiger partial charge is 0.376 e. The van der Waals surface area contributed by atoms with E-state index in [-0.39, 0.29) is 6.10 Å². The predicted molar refractivity (Wildman–Crippen MR) is 126 cm³/mol. The van der Waals surface area contributed by atoms with Gasteiger partial charge < -0.3 is 19.9 Å². The molecule has 8 heteroatoms. The van der Waals surface area contributed by atoms with E-state index < -0.39 is 0 Å². The molecule has 0 radical (unpaired) electrons. The van der Waals surface area contributed by atoms with Crippen LogP contribution >= 0.6 is 0 Å². The molecule has 2 aromatic rings. The Hall–Kier alpha value is -2.45. The fourth-order valence-electron chi connectivity index (χ4n) is 4.57. The molecule has 2 N–H and O–H groups in total. The molecule has 1 aromatic carbocycles. The van der Waals surface area contributed by atoms with Crippen molar-refractivity contribution < 1.29 is 4.74 Å². The summed E-state index contributed by atoms with van der Waals surface area (Å²) in [5.74, 6) is 3.19. The van der Waals surface area contributed by atoms with Crippen LogP contribution in [0.1, 0.15) is 43.4 Å². The Morgan fingerprint density at radius 3 is 2.72 bits per heavy atom. The second kappa shape index (κ2) is 10.9. The third kappa shape index (κ3) is 6.07. The number of nitrogens with zero attached hydrogens (tertiary/aromatic N) is 5. The first kappa shape index (κ1) is 22.7. The normalized spacial score (nSPS) is 24.2. The molecule has 0 amide bonds. The Morgan fingerprint density at radius 2 is 2.00 bits per heavy atom. The van der Waals surface area contributed by atoms with Crippen molar-refractivity contribution in [1.82, 2.24) is 30.3 Å². The minimum atomic E-state index is 0.270. The standard InChI is InChI=1S/C24H37N7O/c1-18-12-21(17-31(18)16-20-8-5-4-6-9-20)13-25-24(26-14-22-10-7-11-32-22)27-15-23-29-28-19(2)30(23)3/h4-6,8-9,18,21-22H,7,10-17H2,1-3H3,(H2,25,26,27). The van der Waals surface area contributed by atoms with Crippen molar-refractivity contribution in [2.24, 2.45) is 18.0 Å². The highest BCUT2D eigenvalue weighted by molar-refractivity contribution is 5.79. The van der Waals surface area contributed by atoms with Crippen molar-refractivity contribution in [2.45, 2.75) is 58.3 Å². The van der Waals surface area contributed by atoms with E-state index >= 15 is 0 Å². The molecule has 2 saturated heterocycles. The Labute approximate surface area is 191 Å². The number of aromatic nitrogens is 3. The summed E-state index contributed by atoms with van der Waals surface area (Å²) < 4.78 is 7.76. The summed E-state index contributed by atoms with van der Waals surface area (Å²) in [5.41, 5.74) is 1.38. The van der Waals surface area contributed by atoms with E-state index in [1.54, 1.807) is 0 Å². The van der Waals surface area contributed by atoms with Crippen molar-refractivity contribution in [3.63, 3.8) is 0 Å². The number of guanidine groups is 1. The highest BCUT2D eigenvalue weighted by Gasteiger charge is 2.29. The van der Waals surface area contributed by atoms with Gasteiger partial charge in [0.15, 0.2) is 11.8 Å². The number of hydrogen-bond donors (Lipinski definition) is 2. The van der Waals surface area contributed by atoms with Crippen molar-refractivity contribution in [3.05, 3.63) is 47.5 Å². The zero-order valence-corrected chi connectivity index (χ0v) is 19.6. The lowest BCUT2D eigenvalue weighted by Gasteiger charge is -2.21. The second-order valence-electron chi connectivity index (χ2n) is 9.15. The van der Waals surface area contributed by atoms with Crippen LogP contribution in [0.5, 0.6) is 0 Å². The van der Waals surface area contributed by atoms with Crippen LogP contribution in [-0.2, 0) is 24.9 Å². The van der Waals surface area contributed by atoms with Crippen LogP contribution in [0.4, 0.5) is 0 Å². The number of rotatable bonds is 8. The van der Waals surface area contributed by atoms with E-state index in [9.17, 15) is 0 Å². The lowest BCUT2D eigenvalue weighted by atomic mass is 10.1. The van der Waals surface area contributed by atoms with Gasteiger partial charge in [-0.05, 0) is 44.6 Å². The van der Waals surface area contributed by atoms with Crippen molar-refractivity contribution in [1.29, 1.82) is 0 Å². The van der Waals surface area contributed by atoms with E-state index in [1.165, 1.54) is 12.0 Å². The first-order valence-corrected chi connectivity index (χ1v) is 11.8. The minimum absolute atomic E-state index is 0.270. The Balaban J connectivity index is 1.32. The molecule has 0 saturated carbocycles. The molecule has 2 aliphatic rings. The Bertz CT molecular complexity index is 876. The van der Waals surface area contributed by atoms with Crippen molar-refractivity contribution in [3.8, 4) is 0 Å². The smallest absolute Gasteiger partial charge is 0.191 e. The van der Waals surface area contributed by atoms with Gasteiger partial charge in [-0.15, -0.1) is 10.2 Å². The molecule has 3 atom stereocenters. The molecule has 1 aromatic heterocycles. The lowest BCUT2D eigenvalue weighted by molar-refractivity contribution is 0.113. The number of benzene rings is 1. The van der Waals surface area contributed by atoms with Crippen molar-refractivity contribution >= 4 is 5.96 Å². The summed E-state index contributed by atoms with van der Waals surface area (Å²) in [6.07, 6.45) is 3.72. The molecule has 174 valence electrons. The monoisotopic (exact) mass is 439 g/mol. The first-order valence-electron chi connectivity index (χ1n) is 11.8. The van der Waals surface area contributed by atoms with Crippen LogP contribution in [-0.4, -0.2) is 64.0 Å². The lowest BCUT2D eigenvalue weighted by Crippen LogP contribution is -2.43. The molecule has 3 unspecified atom stereocenters. The van der Waals surface area contributed by atoms with Crippen LogP contribution in [0.2, 0.25) is 0 Å². The molecule has 2 aliphatic heterocycles. The topological polar surface area (TPSA) is 79.6 Å². The average molecular weight is 440 g/mol. The summed E-state index contributed by atoms with van der Waals surface area (Å²) in [4.78, 5) is 7.38. The molecule has 0 bridgehead atoms. The predicted octanol–water partition coefficient (Wildman–Crippen LogP) is 2.25. The van der Waals surface area contributed by atoms with Gasteiger partial charge in [0.2, 0.25) is 0 Å².